The fraction of sp³-hybridized carbons (Fsp3) is 0.259. The number of unbranched alkanes of at least 4 members (excludes halogenated alkanes) is 2. The molecule has 34 heavy (non-hydrogen) atoms. The van der Waals surface area contributed by atoms with Gasteiger partial charge in [-0.05, 0) is 59.6 Å². The fourth-order valence-corrected chi connectivity index (χ4v) is 4.32. The standard InChI is InChI=1S/C27H21F4NO2/c1-2-3-4-5-15-6-8-18-16(10-15)7-9-19-20(18)13-24(30)25(26(19)31)27(33)34-17-11-22(28)21(14-32)23(29)12-17/h6,8,10-13H,2-5,7,9H2,1H3. The zero-order chi connectivity index (χ0) is 24.4. The van der Waals surface area contributed by atoms with Crippen LogP contribution in [-0.2, 0) is 19.3 Å². The molecule has 7 heteroatoms. The number of carbonyl (C=O) groups is 1. The van der Waals surface area contributed by atoms with Crippen molar-refractivity contribution in [2.45, 2.75) is 45.4 Å². The van der Waals surface area contributed by atoms with Gasteiger partial charge in [0.2, 0.25) is 0 Å². The quantitative estimate of drug-likeness (QED) is 0.173. The average Bonchev–Trinajstić information content (AvgIpc) is 2.78. The second-order valence-corrected chi connectivity index (χ2v) is 8.29. The molecule has 0 N–H and O–H groups in total. The maximum Gasteiger partial charge on any atom is 0.349 e. The third-order valence-electron chi connectivity index (χ3n) is 6.03. The minimum atomic E-state index is -1.42. The van der Waals surface area contributed by atoms with E-state index in [-0.39, 0.29) is 12.0 Å². The summed E-state index contributed by atoms with van der Waals surface area (Å²) in [6, 6.07) is 9.55. The van der Waals surface area contributed by atoms with Gasteiger partial charge in [-0.2, -0.15) is 5.26 Å². The van der Waals surface area contributed by atoms with Crippen molar-refractivity contribution < 1.29 is 27.1 Å². The lowest BCUT2D eigenvalue weighted by molar-refractivity contribution is 0.0723. The Balaban J connectivity index is 1.65. The average molecular weight is 467 g/mol. The van der Waals surface area contributed by atoms with Gasteiger partial charge in [0.25, 0.3) is 0 Å². The highest BCUT2D eigenvalue weighted by atomic mass is 19.1. The summed E-state index contributed by atoms with van der Waals surface area (Å²) in [5.74, 6) is -6.69. The Bertz CT molecular complexity index is 1300. The topological polar surface area (TPSA) is 50.1 Å². The summed E-state index contributed by atoms with van der Waals surface area (Å²) in [5.41, 5.74) is 1.69. The van der Waals surface area contributed by atoms with Gasteiger partial charge >= 0.3 is 5.97 Å². The Morgan fingerprint density at radius 1 is 0.971 bits per heavy atom. The van der Waals surface area contributed by atoms with Crippen LogP contribution in [0.25, 0.3) is 11.1 Å². The summed E-state index contributed by atoms with van der Waals surface area (Å²) in [6.07, 6.45) is 5.08. The lowest BCUT2D eigenvalue weighted by Crippen LogP contribution is -2.17. The van der Waals surface area contributed by atoms with Crippen LogP contribution in [0.3, 0.4) is 0 Å². The minimum absolute atomic E-state index is 0.191. The number of fused-ring (bicyclic) bond motifs is 3. The van der Waals surface area contributed by atoms with Gasteiger partial charge in [0, 0.05) is 12.1 Å². The number of carbonyl (C=O) groups excluding carboxylic acids is 1. The summed E-state index contributed by atoms with van der Waals surface area (Å²) in [6.45, 7) is 2.14. The molecule has 0 aromatic heterocycles. The highest BCUT2D eigenvalue weighted by Gasteiger charge is 2.29. The van der Waals surface area contributed by atoms with Gasteiger partial charge in [-0.1, -0.05) is 38.0 Å². The SMILES string of the molecule is CCCCCc1ccc2c(c1)CCc1c-2cc(F)c(C(=O)Oc2cc(F)c(C#N)c(F)c2)c1F. The van der Waals surface area contributed by atoms with Crippen molar-refractivity contribution in [3.8, 4) is 22.9 Å². The van der Waals surface area contributed by atoms with E-state index in [4.69, 9.17) is 10.00 Å². The van der Waals surface area contributed by atoms with E-state index in [1.165, 1.54) is 11.6 Å². The second kappa shape index (κ2) is 9.68. The molecule has 0 unspecified atom stereocenters. The molecular weight excluding hydrogens is 446 g/mol. The summed E-state index contributed by atoms with van der Waals surface area (Å²) >= 11 is 0. The molecular formula is C27H21F4NO2. The van der Waals surface area contributed by atoms with Gasteiger partial charge in [-0.3, -0.25) is 0 Å². The van der Waals surface area contributed by atoms with Gasteiger partial charge in [0.15, 0.2) is 0 Å². The summed E-state index contributed by atoms with van der Waals surface area (Å²) < 4.78 is 62.6. The molecule has 0 radical (unpaired) electrons. The highest BCUT2D eigenvalue weighted by Crippen LogP contribution is 2.38. The zero-order valence-electron chi connectivity index (χ0n) is 18.5. The fourth-order valence-electron chi connectivity index (χ4n) is 4.32. The maximum absolute atomic E-state index is 15.3. The minimum Gasteiger partial charge on any atom is -0.423 e. The first-order valence-corrected chi connectivity index (χ1v) is 11.1. The molecule has 3 aromatic rings. The Morgan fingerprint density at radius 2 is 1.71 bits per heavy atom. The number of benzene rings is 3. The van der Waals surface area contributed by atoms with Crippen molar-refractivity contribution in [3.05, 3.63) is 87.5 Å². The van der Waals surface area contributed by atoms with Crippen LogP contribution >= 0.6 is 0 Å². The molecule has 0 spiro atoms. The van der Waals surface area contributed by atoms with Gasteiger partial charge in [-0.15, -0.1) is 0 Å². The molecule has 0 atom stereocenters. The number of esters is 1. The number of nitrogens with zero attached hydrogens (tertiary/aromatic N) is 1. The van der Waals surface area contributed by atoms with E-state index in [2.05, 4.69) is 13.0 Å². The molecule has 0 heterocycles. The first kappa shape index (κ1) is 23.5. The summed E-state index contributed by atoms with van der Waals surface area (Å²) in [5, 5.41) is 8.73. The summed E-state index contributed by atoms with van der Waals surface area (Å²) in [4.78, 5) is 12.5. The van der Waals surface area contributed by atoms with E-state index in [0.717, 1.165) is 42.9 Å². The van der Waals surface area contributed by atoms with Gasteiger partial charge in [-0.25, -0.2) is 22.4 Å². The number of hydrogen-bond acceptors (Lipinski definition) is 3. The van der Waals surface area contributed by atoms with Crippen LogP contribution in [0, 0.1) is 34.6 Å². The van der Waals surface area contributed by atoms with E-state index >= 15 is 4.39 Å². The molecule has 0 aliphatic heterocycles. The zero-order valence-corrected chi connectivity index (χ0v) is 18.5. The molecule has 0 amide bonds. The molecule has 174 valence electrons. The molecule has 3 nitrogen and oxygen atoms in total. The molecule has 1 aliphatic rings. The molecule has 4 rings (SSSR count). The number of hydrogen-bond donors (Lipinski definition) is 0. The van der Waals surface area contributed by atoms with Crippen LogP contribution in [0.1, 0.15) is 58.8 Å². The van der Waals surface area contributed by atoms with Gasteiger partial charge in [0.05, 0.1) is 0 Å². The van der Waals surface area contributed by atoms with Crippen molar-refractivity contribution in [2.75, 3.05) is 0 Å². The van der Waals surface area contributed by atoms with Crippen LogP contribution in [0.4, 0.5) is 17.6 Å². The number of halogens is 4. The molecule has 1 aliphatic carbocycles. The Hall–Kier alpha value is -3.66. The lowest BCUT2D eigenvalue weighted by atomic mass is 9.83. The van der Waals surface area contributed by atoms with Gasteiger partial charge in [0.1, 0.15) is 46.2 Å². The largest absolute Gasteiger partial charge is 0.423 e. The maximum atomic E-state index is 15.3. The predicted molar refractivity (Wildman–Crippen MR) is 118 cm³/mol. The number of aryl methyl sites for hydroxylation is 2. The molecule has 0 saturated heterocycles. The third kappa shape index (κ3) is 4.41. The molecule has 0 fully saturated rings. The molecule has 0 saturated carbocycles. The molecule has 3 aromatic carbocycles. The molecule has 0 bridgehead atoms. The monoisotopic (exact) mass is 467 g/mol. The van der Waals surface area contributed by atoms with Crippen LogP contribution < -0.4 is 4.74 Å². The van der Waals surface area contributed by atoms with Crippen molar-refractivity contribution >= 4 is 5.97 Å². The van der Waals surface area contributed by atoms with Crippen molar-refractivity contribution in [1.82, 2.24) is 0 Å². The normalized spacial score (nSPS) is 12.0. The van der Waals surface area contributed by atoms with E-state index < -0.39 is 46.1 Å². The second-order valence-electron chi connectivity index (χ2n) is 8.29. The van der Waals surface area contributed by atoms with Crippen molar-refractivity contribution in [3.63, 3.8) is 0 Å². The van der Waals surface area contributed by atoms with E-state index in [1.54, 1.807) is 0 Å². The van der Waals surface area contributed by atoms with Crippen molar-refractivity contribution in [2.24, 2.45) is 0 Å². The highest BCUT2D eigenvalue weighted by molar-refractivity contribution is 5.93. The lowest BCUT2D eigenvalue weighted by Gasteiger charge is -2.22. The summed E-state index contributed by atoms with van der Waals surface area (Å²) in [7, 11) is 0. The predicted octanol–water partition coefficient (Wildman–Crippen LogP) is 6.83. The van der Waals surface area contributed by atoms with E-state index in [9.17, 15) is 18.0 Å². The Morgan fingerprint density at radius 3 is 2.38 bits per heavy atom. The van der Waals surface area contributed by atoms with E-state index in [1.807, 2.05) is 12.1 Å². The van der Waals surface area contributed by atoms with Gasteiger partial charge < -0.3 is 4.74 Å². The van der Waals surface area contributed by atoms with Crippen LogP contribution in [0.5, 0.6) is 5.75 Å². The first-order chi connectivity index (χ1) is 16.3. The Labute approximate surface area is 194 Å². The smallest absolute Gasteiger partial charge is 0.349 e. The first-order valence-electron chi connectivity index (χ1n) is 11.1. The van der Waals surface area contributed by atoms with Crippen LogP contribution in [0.15, 0.2) is 36.4 Å². The van der Waals surface area contributed by atoms with Crippen LogP contribution in [-0.4, -0.2) is 5.97 Å². The number of ether oxygens (including phenoxy) is 1. The Kier molecular flexibility index (Phi) is 6.69. The number of nitriles is 1. The van der Waals surface area contributed by atoms with E-state index in [0.29, 0.717) is 24.1 Å². The third-order valence-corrected chi connectivity index (χ3v) is 6.03. The van der Waals surface area contributed by atoms with Crippen LogP contribution in [0.2, 0.25) is 0 Å². The van der Waals surface area contributed by atoms with Crippen molar-refractivity contribution in [1.29, 1.82) is 5.26 Å². The number of rotatable bonds is 6.